The smallest absolute Gasteiger partial charge is 0.333 e. The summed E-state index contributed by atoms with van der Waals surface area (Å²) >= 11 is 3.19. The molecule has 1 saturated heterocycles. The molecule has 0 spiro atoms. The number of amides is 2. The van der Waals surface area contributed by atoms with Gasteiger partial charge in [-0.05, 0) is 28.1 Å². The first kappa shape index (κ1) is 15.7. The second-order valence-corrected chi connectivity index (χ2v) is 5.56. The van der Waals surface area contributed by atoms with Crippen molar-refractivity contribution in [1.29, 1.82) is 0 Å². The van der Waals surface area contributed by atoms with Gasteiger partial charge in [-0.15, -0.1) is 0 Å². The summed E-state index contributed by atoms with van der Waals surface area (Å²) in [7, 11) is 0. The van der Waals surface area contributed by atoms with Crippen LogP contribution in [0.3, 0.4) is 0 Å². The molecule has 0 radical (unpaired) electrons. The average molecular weight is 366 g/mol. The van der Waals surface area contributed by atoms with Gasteiger partial charge in [0, 0.05) is 23.6 Å². The molecule has 21 heavy (non-hydrogen) atoms. The van der Waals surface area contributed by atoms with Gasteiger partial charge in [-0.25, -0.2) is 4.98 Å². The minimum atomic E-state index is -4.46. The Balaban J connectivity index is 1.95. The third kappa shape index (κ3) is 4.42. The van der Waals surface area contributed by atoms with Crippen molar-refractivity contribution >= 4 is 33.6 Å². The summed E-state index contributed by atoms with van der Waals surface area (Å²) in [5.74, 6) is -1.70. The predicted molar refractivity (Wildman–Crippen MR) is 71.3 cm³/mol. The van der Waals surface area contributed by atoms with Crippen LogP contribution < -0.4 is 5.32 Å². The highest BCUT2D eigenvalue weighted by atomic mass is 79.9. The van der Waals surface area contributed by atoms with Gasteiger partial charge < -0.3 is 10.2 Å². The molecule has 2 rings (SSSR count). The molecule has 1 fully saturated rings. The zero-order valence-corrected chi connectivity index (χ0v) is 12.2. The molecule has 0 aliphatic carbocycles. The van der Waals surface area contributed by atoms with Crippen molar-refractivity contribution < 1.29 is 22.8 Å². The van der Waals surface area contributed by atoms with Gasteiger partial charge in [0.15, 0.2) is 0 Å². The van der Waals surface area contributed by atoms with Gasteiger partial charge >= 0.3 is 6.18 Å². The molecule has 1 aromatic heterocycles. The summed E-state index contributed by atoms with van der Waals surface area (Å²) in [5, 5.41) is 2.48. The Morgan fingerprint density at radius 1 is 1.48 bits per heavy atom. The van der Waals surface area contributed by atoms with E-state index >= 15 is 0 Å². The maximum atomic E-state index is 12.3. The van der Waals surface area contributed by atoms with E-state index in [0.29, 0.717) is 4.90 Å². The lowest BCUT2D eigenvalue weighted by Gasteiger charge is -2.18. The number of rotatable bonds is 3. The number of pyridine rings is 1. The molecule has 0 saturated carbocycles. The van der Waals surface area contributed by atoms with Crippen LogP contribution in [0.5, 0.6) is 0 Å². The predicted octanol–water partition coefficient (Wildman–Crippen LogP) is 2.19. The van der Waals surface area contributed by atoms with E-state index in [4.69, 9.17) is 0 Å². The van der Waals surface area contributed by atoms with E-state index in [1.807, 2.05) is 0 Å². The van der Waals surface area contributed by atoms with Crippen LogP contribution in [0.25, 0.3) is 0 Å². The quantitative estimate of drug-likeness (QED) is 0.892. The molecule has 5 nitrogen and oxygen atoms in total. The number of nitrogens with zero attached hydrogens (tertiary/aromatic N) is 2. The van der Waals surface area contributed by atoms with E-state index in [-0.39, 0.29) is 18.8 Å². The maximum Gasteiger partial charge on any atom is 0.406 e. The number of hydrogen-bond donors (Lipinski definition) is 1. The number of anilines is 1. The SMILES string of the molecule is O=C(Nc1ccc(Br)cn1)[C@@H]1CC(=O)N(CC(F)(F)F)C1. The molecule has 1 N–H and O–H groups in total. The lowest BCUT2D eigenvalue weighted by atomic mass is 10.1. The number of alkyl halides is 3. The zero-order chi connectivity index (χ0) is 15.6. The number of halogens is 4. The zero-order valence-electron chi connectivity index (χ0n) is 10.7. The van der Waals surface area contributed by atoms with Crippen LogP contribution in [0.1, 0.15) is 6.42 Å². The average Bonchev–Trinajstić information content (AvgIpc) is 2.72. The fourth-order valence-corrected chi connectivity index (χ4v) is 2.23. The van der Waals surface area contributed by atoms with Gasteiger partial charge in [-0.3, -0.25) is 9.59 Å². The minimum Gasteiger partial charge on any atom is -0.333 e. The third-order valence-corrected chi connectivity index (χ3v) is 3.40. The highest BCUT2D eigenvalue weighted by Gasteiger charge is 2.40. The maximum absolute atomic E-state index is 12.3. The lowest BCUT2D eigenvalue weighted by molar-refractivity contribution is -0.157. The molecule has 0 bridgehead atoms. The van der Waals surface area contributed by atoms with Gasteiger partial charge in [0.2, 0.25) is 11.8 Å². The van der Waals surface area contributed by atoms with Gasteiger partial charge in [0.05, 0.1) is 5.92 Å². The van der Waals surface area contributed by atoms with Crippen molar-refractivity contribution in [2.45, 2.75) is 12.6 Å². The molecule has 2 amide bonds. The number of likely N-dealkylation sites (tertiary alicyclic amines) is 1. The van der Waals surface area contributed by atoms with Gasteiger partial charge in [-0.2, -0.15) is 13.2 Å². The van der Waals surface area contributed by atoms with Gasteiger partial charge in [-0.1, -0.05) is 0 Å². The Kier molecular flexibility index (Phi) is 4.50. The summed E-state index contributed by atoms with van der Waals surface area (Å²) in [6.45, 7) is -1.56. The fraction of sp³-hybridized carbons (Fsp3) is 0.417. The summed E-state index contributed by atoms with van der Waals surface area (Å²) in [5.41, 5.74) is 0. The molecule has 114 valence electrons. The van der Waals surface area contributed by atoms with Crippen molar-refractivity contribution in [2.24, 2.45) is 5.92 Å². The highest BCUT2D eigenvalue weighted by molar-refractivity contribution is 9.10. The summed E-state index contributed by atoms with van der Waals surface area (Å²) in [4.78, 5) is 28.0. The number of nitrogens with one attached hydrogen (secondary N) is 1. The first-order chi connectivity index (χ1) is 9.74. The molecular weight excluding hydrogens is 355 g/mol. The Hall–Kier alpha value is -1.64. The lowest BCUT2D eigenvalue weighted by Crippen LogP contribution is -2.36. The molecule has 1 aliphatic heterocycles. The van der Waals surface area contributed by atoms with E-state index in [0.717, 1.165) is 4.47 Å². The molecule has 9 heteroatoms. The van der Waals surface area contributed by atoms with Gasteiger partial charge in [0.1, 0.15) is 12.4 Å². The van der Waals surface area contributed by atoms with Crippen LogP contribution in [0, 0.1) is 5.92 Å². The van der Waals surface area contributed by atoms with Crippen LogP contribution in [0.15, 0.2) is 22.8 Å². The normalized spacial score (nSPS) is 19.0. The number of hydrogen-bond acceptors (Lipinski definition) is 3. The van der Waals surface area contributed by atoms with Crippen LogP contribution in [-0.2, 0) is 9.59 Å². The summed E-state index contributed by atoms with van der Waals surface area (Å²) in [6.07, 6.45) is -3.21. The van der Waals surface area contributed by atoms with Crippen LogP contribution >= 0.6 is 15.9 Å². The number of carbonyl (C=O) groups is 2. The van der Waals surface area contributed by atoms with Crippen molar-refractivity contribution in [1.82, 2.24) is 9.88 Å². The second kappa shape index (κ2) is 6.00. The number of aromatic nitrogens is 1. The van der Waals surface area contributed by atoms with Crippen molar-refractivity contribution in [2.75, 3.05) is 18.4 Å². The molecular formula is C12H11BrF3N3O2. The topological polar surface area (TPSA) is 62.3 Å². The summed E-state index contributed by atoms with van der Waals surface area (Å²) in [6, 6.07) is 3.21. The Morgan fingerprint density at radius 2 is 2.19 bits per heavy atom. The van der Waals surface area contributed by atoms with E-state index < -0.39 is 30.5 Å². The number of carbonyl (C=O) groups excluding carboxylic acids is 2. The summed E-state index contributed by atoms with van der Waals surface area (Å²) < 4.78 is 37.6. The first-order valence-electron chi connectivity index (χ1n) is 6.01. The van der Waals surface area contributed by atoms with Crippen molar-refractivity contribution in [3.8, 4) is 0 Å². The van der Waals surface area contributed by atoms with E-state index in [2.05, 4.69) is 26.2 Å². The standard InChI is InChI=1S/C12H11BrF3N3O2/c13-8-1-2-9(17-4-8)18-11(21)7-3-10(20)19(5-7)6-12(14,15)16/h1-2,4,7H,3,5-6H2,(H,17,18,21)/t7-/m1/s1. The molecule has 0 unspecified atom stereocenters. The van der Waals surface area contributed by atoms with Crippen LogP contribution in [0.4, 0.5) is 19.0 Å². The van der Waals surface area contributed by atoms with Crippen LogP contribution in [0.2, 0.25) is 0 Å². The first-order valence-corrected chi connectivity index (χ1v) is 6.81. The fourth-order valence-electron chi connectivity index (χ4n) is 2.00. The van der Waals surface area contributed by atoms with E-state index in [1.54, 1.807) is 12.1 Å². The molecule has 1 aromatic rings. The molecule has 2 heterocycles. The molecule has 1 atom stereocenters. The molecule has 0 aromatic carbocycles. The largest absolute Gasteiger partial charge is 0.406 e. The van der Waals surface area contributed by atoms with Crippen molar-refractivity contribution in [3.05, 3.63) is 22.8 Å². The molecule has 1 aliphatic rings. The Bertz CT molecular complexity index is 548. The highest BCUT2D eigenvalue weighted by Crippen LogP contribution is 2.24. The Labute approximate surface area is 126 Å². The van der Waals surface area contributed by atoms with E-state index in [9.17, 15) is 22.8 Å². The van der Waals surface area contributed by atoms with E-state index in [1.165, 1.54) is 6.20 Å². The van der Waals surface area contributed by atoms with Crippen LogP contribution in [-0.4, -0.2) is 41.0 Å². The third-order valence-electron chi connectivity index (χ3n) is 2.93. The van der Waals surface area contributed by atoms with Crippen molar-refractivity contribution in [3.63, 3.8) is 0 Å². The van der Waals surface area contributed by atoms with Gasteiger partial charge in [0.25, 0.3) is 0 Å². The second-order valence-electron chi connectivity index (χ2n) is 4.64. The monoisotopic (exact) mass is 365 g/mol. The Morgan fingerprint density at radius 3 is 2.76 bits per heavy atom. The minimum absolute atomic E-state index is 0.224.